The zero-order valence-electron chi connectivity index (χ0n) is 13.9. The van der Waals surface area contributed by atoms with Crippen molar-refractivity contribution in [2.24, 2.45) is 4.99 Å². The highest BCUT2D eigenvalue weighted by atomic mass is 32.1. The van der Waals surface area contributed by atoms with E-state index >= 15 is 0 Å². The van der Waals surface area contributed by atoms with Crippen LogP contribution in [0, 0.1) is 0 Å². The van der Waals surface area contributed by atoms with E-state index in [4.69, 9.17) is 0 Å². The number of nitrogens with one attached hydrogen (secondary N) is 3. The predicted octanol–water partition coefficient (Wildman–Crippen LogP) is 2.62. The van der Waals surface area contributed by atoms with Gasteiger partial charge in [-0.2, -0.15) is 0 Å². The smallest absolute Gasteiger partial charge is 0.251 e. The van der Waals surface area contributed by atoms with Gasteiger partial charge in [-0.15, -0.1) is 11.3 Å². The van der Waals surface area contributed by atoms with Crippen molar-refractivity contribution in [3.8, 4) is 0 Å². The fourth-order valence-corrected chi connectivity index (χ4v) is 2.72. The molecule has 3 N–H and O–H groups in total. The second-order valence-electron chi connectivity index (χ2n) is 5.18. The maximum absolute atomic E-state index is 11.9. The van der Waals surface area contributed by atoms with Gasteiger partial charge < -0.3 is 16.0 Å². The quantitative estimate of drug-likeness (QED) is 0.392. The van der Waals surface area contributed by atoms with Gasteiger partial charge in [0, 0.05) is 30.1 Å². The molecule has 6 heteroatoms. The number of aliphatic imine (C=N–C) groups is 1. The van der Waals surface area contributed by atoms with Gasteiger partial charge in [-0.1, -0.05) is 24.3 Å². The van der Waals surface area contributed by atoms with Gasteiger partial charge in [0.25, 0.3) is 5.91 Å². The summed E-state index contributed by atoms with van der Waals surface area (Å²) in [6.07, 6.45) is 0.835. The normalized spacial score (nSPS) is 11.1. The molecule has 1 aromatic carbocycles. The molecule has 0 unspecified atom stereocenters. The van der Waals surface area contributed by atoms with Crippen LogP contribution < -0.4 is 16.0 Å². The van der Waals surface area contributed by atoms with Gasteiger partial charge in [-0.25, -0.2) is 4.99 Å². The summed E-state index contributed by atoms with van der Waals surface area (Å²) >= 11 is 1.71. The first-order chi connectivity index (χ1) is 11.8. The van der Waals surface area contributed by atoms with Gasteiger partial charge in [0.15, 0.2) is 5.96 Å². The fraction of sp³-hybridized carbons (Fsp3) is 0.333. The number of carbonyl (C=O) groups excluding carboxylic acids is 1. The lowest BCUT2D eigenvalue weighted by Crippen LogP contribution is -2.38. The molecule has 0 atom stereocenters. The zero-order valence-corrected chi connectivity index (χ0v) is 14.7. The number of amides is 1. The van der Waals surface area contributed by atoms with Crippen LogP contribution in [-0.2, 0) is 6.54 Å². The largest absolute Gasteiger partial charge is 0.357 e. The number of nitrogens with zero attached hydrogens (tertiary/aromatic N) is 1. The Hall–Kier alpha value is -2.34. The number of rotatable bonds is 8. The van der Waals surface area contributed by atoms with Crippen LogP contribution >= 0.6 is 11.3 Å². The minimum atomic E-state index is -0.0335. The van der Waals surface area contributed by atoms with E-state index in [1.165, 1.54) is 4.88 Å². The Labute approximate surface area is 147 Å². The lowest BCUT2D eigenvalue weighted by atomic mass is 10.2. The summed E-state index contributed by atoms with van der Waals surface area (Å²) in [4.78, 5) is 17.7. The van der Waals surface area contributed by atoms with Crippen molar-refractivity contribution in [1.29, 1.82) is 0 Å². The molecule has 0 aliphatic carbocycles. The van der Waals surface area contributed by atoms with Crippen molar-refractivity contribution in [2.75, 3.05) is 19.6 Å². The number of hydrogen-bond acceptors (Lipinski definition) is 3. The molecule has 0 aliphatic rings. The molecule has 128 valence electrons. The highest BCUT2D eigenvalue weighted by molar-refractivity contribution is 7.09. The maximum atomic E-state index is 11.9. The van der Waals surface area contributed by atoms with Gasteiger partial charge in [0.1, 0.15) is 0 Å². The molecule has 2 rings (SSSR count). The molecule has 0 fully saturated rings. The first-order valence-corrected chi connectivity index (χ1v) is 9.05. The Morgan fingerprint density at radius 2 is 1.83 bits per heavy atom. The summed E-state index contributed by atoms with van der Waals surface area (Å²) in [6, 6.07) is 13.4. The summed E-state index contributed by atoms with van der Waals surface area (Å²) in [7, 11) is 0. The molecule has 0 radical (unpaired) electrons. The standard InChI is InChI=1S/C18H24N4OS/c1-2-19-18(22-14-16-10-6-13-24-16)21-12-7-11-20-17(23)15-8-4-3-5-9-15/h3-6,8-10,13H,2,7,11-12,14H2,1H3,(H,20,23)(H2,19,21,22). The van der Waals surface area contributed by atoms with E-state index in [1.54, 1.807) is 11.3 Å². The van der Waals surface area contributed by atoms with Crippen LogP contribution in [0.15, 0.2) is 52.8 Å². The molecule has 0 saturated heterocycles. The van der Waals surface area contributed by atoms with Crippen molar-refractivity contribution < 1.29 is 4.79 Å². The van der Waals surface area contributed by atoms with Crippen LogP contribution in [0.3, 0.4) is 0 Å². The van der Waals surface area contributed by atoms with E-state index in [2.05, 4.69) is 32.4 Å². The first-order valence-electron chi connectivity index (χ1n) is 8.17. The van der Waals surface area contributed by atoms with Crippen LogP contribution in [0.2, 0.25) is 0 Å². The summed E-state index contributed by atoms with van der Waals surface area (Å²) in [5.74, 6) is 0.772. The summed E-state index contributed by atoms with van der Waals surface area (Å²) < 4.78 is 0. The Kier molecular flexibility index (Phi) is 7.83. The van der Waals surface area contributed by atoms with Gasteiger partial charge in [-0.05, 0) is 36.9 Å². The van der Waals surface area contributed by atoms with Gasteiger partial charge >= 0.3 is 0 Å². The molecular weight excluding hydrogens is 320 g/mol. The van der Waals surface area contributed by atoms with E-state index in [0.717, 1.165) is 25.5 Å². The molecule has 24 heavy (non-hydrogen) atoms. The summed E-state index contributed by atoms with van der Waals surface area (Å²) in [5.41, 5.74) is 0.691. The molecule has 0 aliphatic heterocycles. The number of benzene rings is 1. The highest BCUT2D eigenvalue weighted by Gasteiger charge is 2.03. The molecule has 0 spiro atoms. The summed E-state index contributed by atoms with van der Waals surface area (Å²) in [6.45, 7) is 4.93. The Balaban J connectivity index is 1.67. The predicted molar refractivity (Wildman–Crippen MR) is 101 cm³/mol. The Morgan fingerprint density at radius 1 is 1.04 bits per heavy atom. The van der Waals surface area contributed by atoms with Crippen molar-refractivity contribution in [3.05, 3.63) is 58.3 Å². The van der Waals surface area contributed by atoms with Crippen molar-refractivity contribution in [2.45, 2.75) is 19.9 Å². The molecular formula is C18H24N4OS. The minimum absolute atomic E-state index is 0.0335. The third kappa shape index (κ3) is 6.42. The lowest BCUT2D eigenvalue weighted by molar-refractivity contribution is 0.0953. The monoisotopic (exact) mass is 344 g/mol. The maximum Gasteiger partial charge on any atom is 0.251 e. The van der Waals surface area contributed by atoms with Gasteiger partial charge in [0.05, 0.1) is 6.54 Å². The number of hydrogen-bond donors (Lipinski definition) is 3. The molecule has 1 aromatic heterocycles. The van der Waals surface area contributed by atoms with Crippen LogP contribution in [0.1, 0.15) is 28.6 Å². The molecule has 1 heterocycles. The van der Waals surface area contributed by atoms with Crippen LogP contribution in [0.25, 0.3) is 0 Å². The molecule has 0 bridgehead atoms. The average Bonchev–Trinajstić information content (AvgIpc) is 3.13. The number of guanidine groups is 1. The van der Waals surface area contributed by atoms with E-state index < -0.39 is 0 Å². The number of carbonyl (C=O) groups is 1. The second kappa shape index (κ2) is 10.4. The third-order valence-electron chi connectivity index (χ3n) is 3.28. The second-order valence-corrected chi connectivity index (χ2v) is 6.21. The van der Waals surface area contributed by atoms with E-state index in [9.17, 15) is 4.79 Å². The van der Waals surface area contributed by atoms with E-state index in [-0.39, 0.29) is 5.91 Å². The van der Waals surface area contributed by atoms with E-state index in [1.807, 2.05) is 43.3 Å². The number of thiophene rings is 1. The highest BCUT2D eigenvalue weighted by Crippen LogP contribution is 2.09. The van der Waals surface area contributed by atoms with Crippen LogP contribution in [0.5, 0.6) is 0 Å². The van der Waals surface area contributed by atoms with Crippen molar-refractivity contribution in [3.63, 3.8) is 0 Å². The molecule has 0 saturated carbocycles. The SMILES string of the molecule is CCNC(=NCc1cccs1)NCCCNC(=O)c1ccccc1. The molecule has 1 amide bonds. The van der Waals surface area contributed by atoms with Gasteiger partial charge in [0.2, 0.25) is 0 Å². The fourth-order valence-electron chi connectivity index (χ4n) is 2.09. The third-order valence-corrected chi connectivity index (χ3v) is 4.15. The summed E-state index contributed by atoms with van der Waals surface area (Å²) in [5, 5.41) is 11.5. The Morgan fingerprint density at radius 3 is 2.54 bits per heavy atom. The topological polar surface area (TPSA) is 65.5 Å². The molecule has 5 nitrogen and oxygen atoms in total. The average molecular weight is 344 g/mol. The minimum Gasteiger partial charge on any atom is -0.357 e. The van der Waals surface area contributed by atoms with Crippen LogP contribution in [0.4, 0.5) is 0 Å². The van der Waals surface area contributed by atoms with Gasteiger partial charge in [-0.3, -0.25) is 4.79 Å². The zero-order chi connectivity index (χ0) is 17.0. The van der Waals surface area contributed by atoms with Crippen LogP contribution in [-0.4, -0.2) is 31.5 Å². The first kappa shape index (κ1) is 18.0. The van der Waals surface area contributed by atoms with Crippen molar-refractivity contribution in [1.82, 2.24) is 16.0 Å². The van der Waals surface area contributed by atoms with Crippen molar-refractivity contribution >= 4 is 23.2 Å². The Bertz CT molecular complexity index is 626. The molecule has 2 aromatic rings. The van der Waals surface area contributed by atoms with E-state index in [0.29, 0.717) is 18.7 Å². The lowest BCUT2D eigenvalue weighted by Gasteiger charge is -2.11.